The second kappa shape index (κ2) is 10.3. The zero-order valence-corrected chi connectivity index (χ0v) is 15.8. The molecule has 0 aromatic heterocycles. The molecule has 1 unspecified atom stereocenters. The lowest BCUT2D eigenvalue weighted by Gasteiger charge is -2.31. The number of rotatable bonds is 9. The van der Waals surface area contributed by atoms with Crippen molar-refractivity contribution < 1.29 is 24.0 Å². The zero-order chi connectivity index (χ0) is 22.0. The lowest BCUT2D eigenvalue weighted by Crippen LogP contribution is -2.47. The van der Waals surface area contributed by atoms with Crippen molar-refractivity contribution in [3.63, 3.8) is 0 Å². The number of carbonyl (C=O) groups excluding carboxylic acids is 2. The fraction of sp³-hybridized carbons (Fsp3) is 0.211. The molecule has 1 N–H and O–H groups in total. The third kappa shape index (κ3) is 6.68. The van der Waals surface area contributed by atoms with Crippen molar-refractivity contribution in [2.75, 3.05) is 11.9 Å². The summed E-state index contributed by atoms with van der Waals surface area (Å²) in [5, 5.41) is 30.6. The molecule has 0 spiro atoms. The molecule has 0 aliphatic heterocycles. The Morgan fingerprint density at radius 2 is 1.80 bits per heavy atom. The van der Waals surface area contributed by atoms with Crippen molar-refractivity contribution in [3.8, 4) is 6.07 Å². The highest BCUT2D eigenvalue weighted by Gasteiger charge is 2.40. The Kier molecular flexibility index (Phi) is 7.53. The van der Waals surface area contributed by atoms with E-state index >= 15 is 0 Å². The maximum absolute atomic E-state index is 11.9. The normalized spacial score (nSPS) is 12.4. The Morgan fingerprint density at radius 1 is 1.13 bits per heavy atom. The van der Waals surface area contributed by atoms with Gasteiger partial charge in [-0.05, 0) is 24.3 Å². The van der Waals surface area contributed by atoms with Crippen LogP contribution in [0.5, 0.6) is 0 Å². The molecule has 0 radical (unpaired) electrons. The minimum absolute atomic E-state index is 0.211. The van der Waals surface area contributed by atoms with Gasteiger partial charge < -0.3 is 14.8 Å². The van der Waals surface area contributed by atoms with Gasteiger partial charge in [-0.3, -0.25) is 14.9 Å². The first-order valence-electron chi connectivity index (χ1n) is 8.58. The number of para-hydroxylation sites is 1. The fourth-order valence-electron chi connectivity index (χ4n) is 2.32. The Hall–Kier alpha value is -4.33. The molecule has 1 atom stereocenters. The van der Waals surface area contributed by atoms with Gasteiger partial charge in [-0.25, -0.2) is 4.79 Å². The molecule has 11 nitrogen and oxygen atoms in total. The molecule has 0 bridgehead atoms. The summed E-state index contributed by atoms with van der Waals surface area (Å²) in [5.74, 6) is -4.46. The molecule has 0 aliphatic rings. The Balaban J connectivity index is 2.38. The number of nitrogens with zero attached hydrogens (tertiary/aromatic N) is 4. The number of hydrogen-bond donors (Lipinski definition) is 1. The van der Waals surface area contributed by atoms with E-state index in [1.165, 1.54) is 6.07 Å². The van der Waals surface area contributed by atoms with Crippen LogP contribution in [0.15, 0.2) is 64.8 Å². The van der Waals surface area contributed by atoms with Gasteiger partial charge in [0.2, 0.25) is 0 Å². The standard InChI is InChI=1S/C19H17N5O6/c1-14(25)29-19(11-12-20,30-18(26)13-24(27)28)21-16-9-5-6-10-17(16)23-22-15-7-3-2-4-8-15/h2-10,21H,11,13H2,1H3. The highest BCUT2D eigenvalue weighted by atomic mass is 16.8. The summed E-state index contributed by atoms with van der Waals surface area (Å²) in [6, 6.07) is 17.0. The van der Waals surface area contributed by atoms with Gasteiger partial charge in [0.1, 0.15) is 12.1 Å². The molecule has 0 fully saturated rings. The number of hydrogen-bond acceptors (Lipinski definition) is 10. The van der Waals surface area contributed by atoms with Crippen LogP contribution >= 0.6 is 0 Å². The van der Waals surface area contributed by atoms with Crippen LogP contribution < -0.4 is 5.32 Å². The molecule has 0 amide bonds. The van der Waals surface area contributed by atoms with E-state index in [0.717, 1.165) is 6.92 Å². The van der Waals surface area contributed by atoms with Crippen LogP contribution in [0.2, 0.25) is 0 Å². The smallest absolute Gasteiger partial charge is 0.383 e. The number of anilines is 1. The van der Waals surface area contributed by atoms with Gasteiger partial charge in [0.15, 0.2) is 0 Å². The third-order valence-electron chi connectivity index (χ3n) is 3.42. The third-order valence-corrected chi connectivity index (χ3v) is 3.42. The summed E-state index contributed by atoms with van der Waals surface area (Å²) in [6.45, 7) is -0.137. The van der Waals surface area contributed by atoms with Crippen LogP contribution in [-0.4, -0.2) is 29.3 Å². The van der Waals surface area contributed by atoms with Gasteiger partial charge in [-0.2, -0.15) is 10.4 Å². The lowest BCUT2D eigenvalue weighted by molar-refractivity contribution is -0.471. The van der Waals surface area contributed by atoms with Crippen molar-refractivity contribution >= 4 is 29.0 Å². The molecule has 0 heterocycles. The van der Waals surface area contributed by atoms with E-state index in [1.807, 2.05) is 6.07 Å². The second-order valence-electron chi connectivity index (χ2n) is 5.82. The van der Waals surface area contributed by atoms with Gasteiger partial charge in [-0.1, -0.05) is 30.3 Å². The summed E-state index contributed by atoms with van der Waals surface area (Å²) in [5.41, 5.74) is 1.07. The van der Waals surface area contributed by atoms with Crippen molar-refractivity contribution in [2.45, 2.75) is 19.3 Å². The predicted octanol–water partition coefficient (Wildman–Crippen LogP) is 3.46. The fourth-order valence-corrected chi connectivity index (χ4v) is 2.32. The Labute approximate surface area is 171 Å². The molecule has 0 saturated heterocycles. The molecule has 30 heavy (non-hydrogen) atoms. The van der Waals surface area contributed by atoms with Crippen LogP contribution in [-0.2, 0) is 19.1 Å². The van der Waals surface area contributed by atoms with Gasteiger partial charge in [0.05, 0.1) is 17.4 Å². The zero-order valence-electron chi connectivity index (χ0n) is 15.8. The topological polar surface area (TPSA) is 156 Å². The second-order valence-corrected chi connectivity index (χ2v) is 5.82. The van der Waals surface area contributed by atoms with Crippen LogP contribution in [0, 0.1) is 21.4 Å². The summed E-state index contributed by atoms with van der Waals surface area (Å²) < 4.78 is 10.0. The lowest BCUT2D eigenvalue weighted by atomic mass is 10.2. The van der Waals surface area contributed by atoms with Crippen LogP contribution in [0.4, 0.5) is 17.1 Å². The average Bonchev–Trinajstić information content (AvgIpc) is 2.67. The number of nitro groups is 1. The average molecular weight is 411 g/mol. The van der Waals surface area contributed by atoms with Gasteiger partial charge in [-0.15, -0.1) is 5.11 Å². The van der Waals surface area contributed by atoms with Gasteiger partial charge >= 0.3 is 17.8 Å². The van der Waals surface area contributed by atoms with E-state index in [9.17, 15) is 19.7 Å². The highest BCUT2D eigenvalue weighted by Crippen LogP contribution is 2.31. The first-order valence-corrected chi connectivity index (χ1v) is 8.58. The number of nitrogens with one attached hydrogen (secondary N) is 1. The van der Waals surface area contributed by atoms with Gasteiger partial charge in [0.25, 0.3) is 6.54 Å². The molecule has 11 heteroatoms. The Bertz CT molecular complexity index is 988. The molecule has 0 aliphatic carbocycles. The number of ether oxygens (including phenoxy) is 2. The van der Waals surface area contributed by atoms with Crippen molar-refractivity contribution in [1.29, 1.82) is 5.26 Å². The van der Waals surface area contributed by atoms with Crippen molar-refractivity contribution in [2.24, 2.45) is 10.2 Å². The molecular formula is C19H17N5O6. The number of benzene rings is 2. The van der Waals surface area contributed by atoms with E-state index in [0.29, 0.717) is 5.69 Å². The van der Waals surface area contributed by atoms with Crippen LogP contribution in [0.1, 0.15) is 13.3 Å². The Morgan fingerprint density at radius 3 is 2.43 bits per heavy atom. The van der Waals surface area contributed by atoms with E-state index in [1.54, 1.807) is 48.5 Å². The molecule has 2 aromatic rings. The maximum atomic E-state index is 11.9. The number of azo groups is 1. The van der Waals surface area contributed by atoms with Crippen LogP contribution in [0.3, 0.4) is 0 Å². The minimum Gasteiger partial charge on any atom is -0.403 e. The van der Waals surface area contributed by atoms with E-state index in [4.69, 9.17) is 14.7 Å². The van der Waals surface area contributed by atoms with Gasteiger partial charge in [0, 0.05) is 11.8 Å². The molecule has 2 rings (SSSR count). The monoisotopic (exact) mass is 411 g/mol. The minimum atomic E-state index is -2.29. The SMILES string of the molecule is CC(=O)OC(CC#N)(Nc1ccccc1N=Nc1ccccc1)OC(=O)C[N+](=O)[O-]. The maximum Gasteiger partial charge on any atom is 0.383 e. The molecule has 2 aromatic carbocycles. The highest BCUT2D eigenvalue weighted by molar-refractivity contribution is 5.73. The number of carbonyl (C=O) groups is 2. The number of nitriles is 1. The molecule has 154 valence electrons. The summed E-state index contributed by atoms with van der Waals surface area (Å²) in [4.78, 5) is 33.1. The summed E-state index contributed by atoms with van der Waals surface area (Å²) in [7, 11) is 0. The van der Waals surface area contributed by atoms with Crippen LogP contribution in [0.25, 0.3) is 0 Å². The summed E-state index contributed by atoms with van der Waals surface area (Å²) in [6.07, 6.45) is -0.639. The van der Waals surface area contributed by atoms with E-state index in [-0.39, 0.29) is 11.4 Å². The molecule has 0 saturated carbocycles. The van der Waals surface area contributed by atoms with E-state index < -0.39 is 35.7 Å². The summed E-state index contributed by atoms with van der Waals surface area (Å²) >= 11 is 0. The van der Waals surface area contributed by atoms with Crippen molar-refractivity contribution in [1.82, 2.24) is 0 Å². The first kappa shape index (κ1) is 22.0. The number of esters is 2. The predicted molar refractivity (Wildman–Crippen MR) is 103 cm³/mol. The van der Waals surface area contributed by atoms with Crippen molar-refractivity contribution in [3.05, 3.63) is 64.7 Å². The van der Waals surface area contributed by atoms with E-state index in [2.05, 4.69) is 15.5 Å². The quantitative estimate of drug-likeness (QED) is 0.216. The first-order chi connectivity index (χ1) is 14.3. The largest absolute Gasteiger partial charge is 0.403 e. The molecular weight excluding hydrogens is 394 g/mol.